The molecular weight excluding hydrogens is 204 g/mol. The largest absolute Gasteiger partial charge is 0.477 e. The van der Waals surface area contributed by atoms with Gasteiger partial charge in [0.1, 0.15) is 11.2 Å². The second-order valence-electron chi connectivity index (χ2n) is 3.78. The van der Waals surface area contributed by atoms with Crippen LogP contribution in [0.15, 0.2) is 47.1 Å². The van der Waals surface area contributed by atoms with Crippen molar-refractivity contribution in [1.29, 1.82) is 0 Å². The Bertz CT molecular complexity index is 465. The molecule has 0 spiro atoms. The van der Waals surface area contributed by atoms with Crippen LogP contribution in [0.2, 0.25) is 0 Å². The lowest BCUT2D eigenvalue weighted by molar-refractivity contribution is -0.133. The first-order chi connectivity index (χ1) is 7.62. The van der Waals surface area contributed by atoms with E-state index in [1.54, 1.807) is 6.08 Å². The number of aliphatic imine (C=N–C) groups is 1. The Labute approximate surface area is 93.3 Å². The third-order valence-corrected chi connectivity index (χ3v) is 2.57. The second kappa shape index (κ2) is 3.81. The highest BCUT2D eigenvalue weighted by atomic mass is 16.4. The van der Waals surface area contributed by atoms with E-state index in [2.05, 4.69) is 10.3 Å². The number of nitrogens with one attached hydrogen (secondary N) is 1. The van der Waals surface area contributed by atoms with Gasteiger partial charge in [0, 0.05) is 0 Å². The SMILES string of the molecule is CC1(c2ccccc2)C=C(C(=O)O)NC=N1. The van der Waals surface area contributed by atoms with Crippen LogP contribution in [-0.2, 0) is 10.3 Å². The van der Waals surface area contributed by atoms with Crippen LogP contribution >= 0.6 is 0 Å². The van der Waals surface area contributed by atoms with Gasteiger partial charge in [0.15, 0.2) is 0 Å². The van der Waals surface area contributed by atoms with Gasteiger partial charge in [-0.1, -0.05) is 30.3 Å². The Morgan fingerprint density at radius 3 is 2.69 bits per heavy atom. The molecule has 1 aliphatic heterocycles. The summed E-state index contributed by atoms with van der Waals surface area (Å²) in [5.74, 6) is -0.978. The number of aliphatic carboxylic acids is 1. The van der Waals surface area contributed by atoms with E-state index in [4.69, 9.17) is 5.11 Å². The minimum absolute atomic E-state index is 0.154. The molecule has 1 atom stereocenters. The van der Waals surface area contributed by atoms with Gasteiger partial charge < -0.3 is 10.4 Å². The van der Waals surface area contributed by atoms with Gasteiger partial charge in [0.25, 0.3) is 0 Å². The van der Waals surface area contributed by atoms with Gasteiger partial charge >= 0.3 is 5.97 Å². The van der Waals surface area contributed by atoms with E-state index in [-0.39, 0.29) is 5.70 Å². The highest BCUT2D eigenvalue weighted by Crippen LogP contribution is 2.28. The molecule has 1 aromatic carbocycles. The first-order valence-electron chi connectivity index (χ1n) is 4.94. The fraction of sp³-hybridized carbons (Fsp3) is 0.167. The van der Waals surface area contributed by atoms with Gasteiger partial charge in [0.05, 0.1) is 6.34 Å². The first kappa shape index (κ1) is 10.4. The molecule has 1 aliphatic rings. The van der Waals surface area contributed by atoms with Gasteiger partial charge in [-0.15, -0.1) is 0 Å². The maximum absolute atomic E-state index is 10.9. The normalized spacial score (nSPS) is 23.4. The predicted molar refractivity (Wildman–Crippen MR) is 61.1 cm³/mol. The Hall–Kier alpha value is -2.10. The van der Waals surface area contributed by atoms with E-state index in [0.29, 0.717) is 0 Å². The van der Waals surface area contributed by atoms with E-state index < -0.39 is 11.5 Å². The Balaban J connectivity index is 2.42. The third-order valence-electron chi connectivity index (χ3n) is 2.57. The maximum atomic E-state index is 10.9. The molecule has 2 N–H and O–H groups in total. The molecule has 0 fully saturated rings. The van der Waals surface area contributed by atoms with Crippen LogP contribution in [0, 0.1) is 0 Å². The molecular formula is C12H12N2O2. The summed E-state index contributed by atoms with van der Waals surface area (Å²) in [5, 5.41) is 11.5. The van der Waals surface area contributed by atoms with E-state index in [0.717, 1.165) is 5.56 Å². The number of hydrogen-bond acceptors (Lipinski definition) is 3. The number of carbonyl (C=O) groups is 1. The minimum Gasteiger partial charge on any atom is -0.477 e. The Morgan fingerprint density at radius 1 is 1.38 bits per heavy atom. The van der Waals surface area contributed by atoms with Crippen molar-refractivity contribution < 1.29 is 9.90 Å². The monoisotopic (exact) mass is 216 g/mol. The number of benzene rings is 1. The lowest BCUT2D eigenvalue weighted by Crippen LogP contribution is -2.30. The van der Waals surface area contributed by atoms with Crippen LogP contribution in [0.1, 0.15) is 12.5 Å². The van der Waals surface area contributed by atoms with Crippen LogP contribution < -0.4 is 5.32 Å². The standard InChI is InChI=1S/C12H12N2O2/c1-12(9-5-3-2-4-6-9)7-10(11(15)16)13-8-14-12/h2-8H,1H3,(H,13,14)(H,15,16). The van der Waals surface area contributed by atoms with Gasteiger partial charge in [-0.05, 0) is 18.6 Å². The van der Waals surface area contributed by atoms with Crippen molar-refractivity contribution in [3.05, 3.63) is 47.7 Å². The molecule has 0 saturated heterocycles. The first-order valence-corrected chi connectivity index (χ1v) is 4.94. The summed E-state index contributed by atoms with van der Waals surface area (Å²) >= 11 is 0. The zero-order valence-electron chi connectivity index (χ0n) is 8.84. The molecule has 0 bridgehead atoms. The van der Waals surface area contributed by atoms with Gasteiger partial charge in [-0.2, -0.15) is 0 Å². The van der Waals surface area contributed by atoms with E-state index in [9.17, 15) is 4.79 Å². The second-order valence-corrected chi connectivity index (χ2v) is 3.78. The molecule has 1 aromatic rings. The Kier molecular flexibility index (Phi) is 2.48. The number of nitrogens with zero attached hydrogens (tertiary/aromatic N) is 1. The number of carboxylic acids is 1. The molecule has 0 amide bonds. The molecule has 4 nitrogen and oxygen atoms in total. The van der Waals surface area contributed by atoms with Crippen molar-refractivity contribution >= 4 is 12.3 Å². The topological polar surface area (TPSA) is 61.7 Å². The molecule has 16 heavy (non-hydrogen) atoms. The van der Waals surface area contributed by atoms with Gasteiger partial charge in [-0.3, -0.25) is 4.99 Å². The zero-order valence-corrected chi connectivity index (χ0v) is 8.84. The number of hydrogen-bond donors (Lipinski definition) is 2. The van der Waals surface area contributed by atoms with Crippen LogP contribution in [0.3, 0.4) is 0 Å². The number of rotatable bonds is 2. The van der Waals surface area contributed by atoms with Crippen molar-refractivity contribution in [2.75, 3.05) is 0 Å². The molecule has 2 rings (SSSR count). The summed E-state index contributed by atoms with van der Waals surface area (Å²) in [6, 6.07) is 9.59. The summed E-state index contributed by atoms with van der Waals surface area (Å²) in [6.07, 6.45) is 3.04. The van der Waals surface area contributed by atoms with Crippen molar-refractivity contribution in [2.24, 2.45) is 4.99 Å². The van der Waals surface area contributed by atoms with Gasteiger partial charge in [-0.25, -0.2) is 4.79 Å². The molecule has 4 heteroatoms. The average Bonchev–Trinajstić information content (AvgIpc) is 2.30. The van der Waals surface area contributed by atoms with Crippen LogP contribution in [0.4, 0.5) is 0 Å². The predicted octanol–water partition coefficient (Wildman–Crippen LogP) is 1.50. The van der Waals surface area contributed by atoms with E-state index in [1.807, 2.05) is 37.3 Å². The van der Waals surface area contributed by atoms with Crippen molar-refractivity contribution in [3.8, 4) is 0 Å². The fourth-order valence-corrected chi connectivity index (χ4v) is 1.65. The van der Waals surface area contributed by atoms with Crippen molar-refractivity contribution in [1.82, 2.24) is 5.32 Å². The third kappa shape index (κ3) is 1.82. The van der Waals surface area contributed by atoms with Gasteiger partial charge in [0.2, 0.25) is 0 Å². The summed E-state index contributed by atoms with van der Waals surface area (Å²) in [5.41, 5.74) is 0.508. The molecule has 0 aromatic heterocycles. The molecule has 0 saturated carbocycles. The fourth-order valence-electron chi connectivity index (χ4n) is 1.65. The molecule has 0 aliphatic carbocycles. The highest BCUT2D eigenvalue weighted by molar-refractivity contribution is 5.90. The van der Waals surface area contributed by atoms with Crippen LogP contribution in [0.5, 0.6) is 0 Å². The van der Waals surface area contributed by atoms with Crippen LogP contribution in [-0.4, -0.2) is 17.4 Å². The molecule has 0 radical (unpaired) electrons. The van der Waals surface area contributed by atoms with Crippen molar-refractivity contribution in [2.45, 2.75) is 12.5 Å². The van der Waals surface area contributed by atoms with E-state index >= 15 is 0 Å². The van der Waals surface area contributed by atoms with E-state index in [1.165, 1.54) is 6.34 Å². The smallest absolute Gasteiger partial charge is 0.352 e. The van der Waals surface area contributed by atoms with Crippen LogP contribution in [0.25, 0.3) is 0 Å². The lowest BCUT2D eigenvalue weighted by atomic mass is 9.91. The number of carboxylic acid groups (broad SMARTS) is 1. The lowest BCUT2D eigenvalue weighted by Gasteiger charge is -2.25. The van der Waals surface area contributed by atoms with Crippen molar-refractivity contribution in [3.63, 3.8) is 0 Å². The molecule has 1 unspecified atom stereocenters. The zero-order chi connectivity index (χ0) is 11.6. The molecule has 82 valence electrons. The maximum Gasteiger partial charge on any atom is 0.352 e. The highest BCUT2D eigenvalue weighted by Gasteiger charge is 2.27. The minimum atomic E-state index is -0.978. The Morgan fingerprint density at radius 2 is 2.06 bits per heavy atom. The average molecular weight is 216 g/mol. The molecule has 1 heterocycles. The summed E-state index contributed by atoms with van der Waals surface area (Å²) in [6.45, 7) is 1.88. The summed E-state index contributed by atoms with van der Waals surface area (Å²) in [7, 11) is 0. The summed E-state index contributed by atoms with van der Waals surface area (Å²) < 4.78 is 0. The summed E-state index contributed by atoms with van der Waals surface area (Å²) in [4.78, 5) is 15.2. The quantitative estimate of drug-likeness (QED) is 0.787.